The molecule has 0 aromatic carbocycles. The Morgan fingerprint density at radius 1 is 1.38 bits per heavy atom. The van der Waals surface area contributed by atoms with Gasteiger partial charge in [-0.3, -0.25) is 9.78 Å². The molecule has 0 saturated carbocycles. The fraction of sp³-hybridized carbons (Fsp3) is 0.600. The third-order valence-corrected chi connectivity index (χ3v) is 4.47. The van der Waals surface area contributed by atoms with Crippen LogP contribution in [0.2, 0.25) is 10.0 Å². The van der Waals surface area contributed by atoms with E-state index in [9.17, 15) is 9.90 Å². The largest absolute Gasteiger partial charge is 0.392 e. The molecule has 0 aliphatic heterocycles. The average Bonchev–Trinajstić information content (AvgIpc) is 2.41. The van der Waals surface area contributed by atoms with Gasteiger partial charge in [0.25, 0.3) is 5.91 Å². The van der Waals surface area contributed by atoms with E-state index in [0.29, 0.717) is 12.2 Å². The molecule has 1 aromatic rings. The zero-order valence-corrected chi connectivity index (χ0v) is 14.5. The van der Waals surface area contributed by atoms with Gasteiger partial charge in [-0.25, -0.2) is 0 Å². The van der Waals surface area contributed by atoms with Crippen LogP contribution in [0.4, 0.5) is 0 Å². The second kappa shape index (κ2) is 6.95. The number of nitrogens with one attached hydrogen (secondary N) is 1. The smallest absolute Gasteiger partial charge is 0.254 e. The van der Waals surface area contributed by atoms with E-state index in [4.69, 9.17) is 23.2 Å². The van der Waals surface area contributed by atoms with Crippen molar-refractivity contribution in [3.63, 3.8) is 0 Å². The number of nitrogens with zero attached hydrogens (tertiary/aromatic N) is 1. The first-order valence-corrected chi connectivity index (χ1v) is 7.60. The van der Waals surface area contributed by atoms with Crippen molar-refractivity contribution in [1.82, 2.24) is 10.3 Å². The number of carbonyl (C=O) groups excluding carboxylic acids is 1. The number of carbonyl (C=O) groups is 1. The normalized spacial score (nSPS) is 13.4. The third kappa shape index (κ3) is 4.31. The standard InChI is InChI=1S/C15H22Cl2N2O2/c1-8(2)13(20)15(4,5)7-19-14(21)10-6-18-9(3)11(16)12(10)17/h6,8,13,20H,7H2,1-5H3,(H,19,21). The van der Waals surface area contributed by atoms with E-state index in [2.05, 4.69) is 10.3 Å². The number of aliphatic hydroxyl groups is 1. The van der Waals surface area contributed by atoms with E-state index in [1.54, 1.807) is 6.92 Å². The molecule has 118 valence electrons. The number of rotatable bonds is 5. The molecule has 0 aliphatic carbocycles. The number of aromatic nitrogens is 1. The highest BCUT2D eigenvalue weighted by atomic mass is 35.5. The van der Waals surface area contributed by atoms with Crippen LogP contribution in [-0.2, 0) is 0 Å². The summed E-state index contributed by atoms with van der Waals surface area (Å²) in [6, 6.07) is 0. The highest BCUT2D eigenvalue weighted by molar-refractivity contribution is 6.44. The van der Waals surface area contributed by atoms with Crippen molar-refractivity contribution in [2.45, 2.75) is 40.7 Å². The number of halogens is 2. The van der Waals surface area contributed by atoms with Gasteiger partial charge in [0.05, 0.1) is 27.4 Å². The summed E-state index contributed by atoms with van der Waals surface area (Å²) in [4.78, 5) is 16.2. The number of aliphatic hydroxyl groups excluding tert-OH is 1. The number of amides is 1. The van der Waals surface area contributed by atoms with Gasteiger partial charge in [-0.05, 0) is 12.8 Å². The van der Waals surface area contributed by atoms with Crippen LogP contribution in [0.5, 0.6) is 0 Å². The number of hydrogen-bond acceptors (Lipinski definition) is 3. The van der Waals surface area contributed by atoms with Gasteiger partial charge in [-0.15, -0.1) is 0 Å². The Kier molecular flexibility index (Phi) is 6.02. The lowest BCUT2D eigenvalue weighted by atomic mass is 9.80. The van der Waals surface area contributed by atoms with Gasteiger partial charge in [0.2, 0.25) is 0 Å². The molecule has 1 heterocycles. The summed E-state index contributed by atoms with van der Waals surface area (Å²) in [5.41, 5.74) is 0.369. The fourth-order valence-electron chi connectivity index (χ4n) is 2.12. The third-order valence-electron chi connectivity index (χ3n) is 3.52. The Bertz CT molecular complexity index is 531. The van der Waals surface area contributed by atoms with Crippen LogP contribution in [0.15, 0.2) is 6.20 Å². The van der Waals surface area contributed by atoms with Gasteiger partial charge in [0.1, 0.15) is 0 Å². The summed E-state index contributed by atoms with van der Waals surface area (Å²) < 4.78 is 0. The van der Waals surface area contributed by atoms with Crippen LogP contribution in [-0.4, -0.2) is 28.6 Å². The molecule has 0 spiro atoms. The molecule has 1 unspecified atom stereocenters. The lowest BCUT2D eigenvalue weighted by Gasteiger charge is -2.33. The highest BCUT2D eigenvalue weighted by Gasteiger charge is 2.31. The van der Waals surface area contributed by atoms with Gasteiger partial charge in [0.15, 0.2) is 0 Å². The summed E-state index contributed by atoms with van der Waals surface area (Å²) >= 11 is 12.1. The lowest BCUT2D eigenvalue weighted by molar-refractivity contribution is 0.0138. The van der Waals surface area contributed by atoms with Crippen molar-refractivity contribution < 1.29 is 9.90 Å². The molecule has 4 nitrogen and oxygen atoms in total. The Balaban J connectivity index is 2.82. The molecule has 0 saturated heterocycles. The summed E-state index contributed by atoms with van der Waals surface area (Å²) in [6.45, 7) is 9.73. The van der Waals surface area contributed by atoms with E-state index >= 15 is 0 Å². The second-order valence-electron chi connectivity index (χ2n) is 6.25. The van der Waals surface area contributed by atoms with Crippen LogP contribution in [0, 0.1) is 18.3 Å². The summed E-state index contributed by atoms with van der Waals surface area (Å²) in [5.74, 6) is -0.241. The first-order valence-electron chi connectivity index (χ1n) is 6.84. The molecule has 6 heteroatoms. The van der Waals surface area contributed by atoms with Gasteiger partial charge in [0, 0.05) is 18.2 Å². The van der Waals surface area contributed by atoms with E-state index in [1.807, 2.05) is 27.7 Å². The second-order valence-corrected chi connectivity index (χ2v) is 7.00. The van der Waals surface area contributed by atoms with E-state index in [0.717, 1.165) is 0 Å². The molecule has 1 amide bonds. The maximum atomic E-state index is 12.2. The van der Waals surface area contributed by atoms with Crippen LogP contribution in [0.25, 0.3) is 0 Å². The Morgan fingerprint density at radius 3 is 2.48 bits per heavy atom. The Morgan fingerprint density at radius 2 is 1.95 bits per heavy atom. The number of aryl methyl sites for hydroxylation is 1. The van der Waals surface area contributed by atoms with Crippen molar-refractivity contribution >= 4 is 29.1 Å². The maximum Gasteiger partial charge on any atom is 0.254 e. The predicted octanol–water partition coefficient (Wildman–Crippen LogP) is 3.47. The van der Waals surface area contributed by atoms with Crippen molar-refractivity contribution in [3.05, 3.63) is 27.5 Å². The maximum absolute atomic E-state index is 12.2. The molecular weight excluding hydrogens is 311 g/mol. The first-order chi connectivity index (χ1) is 9.58. The Labute approximate surface area is 135 Å². The topological polar surface area (TPSA) is 62.2 Å². The Hall–Kier alpha value is -0.840. The van der Waals surface area contributed by atoms with Crippen molar-refractivity contribution in [2.75, 3.05) is 6.54 Å². The van der Waals surface area contributed by atoms with Crippen molar-refractivity contribution in [1.29, 1.82) is 0 Å². The highest BCUT2D eigenvalue weighted by Crippen LogP contribution is 2.28. The van der Waals surface area contributed by atoms with Crippen LogP contribution in [0.1, 0.15) is 43.7 Å². The zero-order valence-electron chi connectivity index (χ0n) is 13.0. The molecule has 2 N–H and O–H groups in total. The average molecular weight is 333 g/mol. The molecule has 1 aromatic heterocycles. The quantitative estimate of drug-likeness (QED) is 0.867. The first kappa shape index (κ1) is 18.2. The molecule has 21 heavy (non-hydrogen) atoms. The summed E-state index contributed by atoms with van der Waals surface area (Å²) in [6.07, 6.45) is 0.887. The molecular formula is C15H22Cl2N2O2. The minimum atomic E-state index is -0.520. The van der Waals surface area contributed by atoms with E-state index in [-0.39, 0.29) is 27.4 Å². The summed E-state index contributed by atoms with van der Waals surface area (Å²) in [7, 11) is 0. The minimum absolute atomic E-state index is 0.107. The van der Waals surface area contributed by atoms with Crippen LogP contribution < -0.4 is 5.32 Å². The van der Waals surface area contributed by atoms with Gasteiger partial charge >= 0.3 is 0 Å². The lowest BCUT2D eigenvalue weighted by Crippen LogP contribution is -2.43. The predicted molar refractivity (Wildman–Crippen MR) is 86.0 cm³/mol. The van der Waals surface area contributed by atoms with Gasteiger partial charge < -0.3 is 10.4 Å². The number of hydrogen-bond donors (Lipinski definition) is 2. The van der Waals surface area contributed by atoms with Gasteiger partial charge in [-0.1, -0.05) is 50.9 Å². The molecule has 0 fully saturated rings. The van der Waals surface area contributed by atoms with Crippen molar-refractivity contribution in [3.8, 4) is 0 Å². The van der Waals surface area contributed by atoms with Crippen LogP contribution in [0.3, 0.4) is 0 Å². The minimum Gasteiger partial charge on any atom is -0.392 e. The molecule has 0 aliphatic rings. The SMILES string of the molecule is Cc1ncc(C(=O)NCC(C)(C)C(O)C(C)C)c(Cl)c1Cl. The van der Waals surface area contributed by atoms with E-state index in [1.165, 1.54) is 6.20 Å². The van der Waals surface area contributed by atoms with Gasteiger partial charge in [-0.2, -0.15) is 0 Å². The number of pyridine rings is 1. The van der Waals surface area contributed by atoms with E-state index < -0.39 is 11.5 Å². The zero-order chi connectivity index (χ0) is 16.4. The molecule has 0 bridgehead atoms. The fourth-order valence-corrected chi connectivity index (χ4v) is 2.54. The molecule has 1 atom stereocenters. The monoisotopic (exact) mass is 332 g/mol. The molecule has 0 radical (unpaired) electrons. The van der Waals surface area contributed by atoms with Crippen molar-refractivity contribution in [2.24, 2.45) is 11.3 Å². The molecule has 1 rings (SSSR count). The van der Waals surface area contributed by atoms with Crippen LogP contribution >= 0.6 is 23.2 Å². The summed E-state index contributed by atoms with van der Waals surface area (Å²) in [5, 5.41) is 13.4.